The summed E-state index contributed by atoms with van der Waals surface area (Å²) in [6.07, 6.45) is 0.607. The van der Waals surface area contributed by atoms with Crippen molar-refractivity contribution in [2.45, 2.75) is 25.8 Å². The molecule has 1 saturated heterocycles. The summed E-state index contributed by atoms with van der Waals surface area (Å²) in [5, 5.41) is 4.58. The number of ether oxygens (including phenoxy) is 1. The molecule has 0 radical (unpaired) electrons. The predicted molar refractivity (Wildman–Crippen MR) is 93.1 cm³/mol. The molecule has 4 amide bonds. The van der Waals surface area contributed by atoms with Gasteiger partial charge in [-0.3, -0.25) is 19.7 Å². The molecule has 1 fully saturated rings. The minimum atomic E-state index is -1.05. The number of imide groups is 1. The lowest BCUT2D eigenvalue weighted by Gasteiger charge is -2.31. The van der Waals surface area contributed by atoms with Crippen LogP contribution in [0.3, 0.4) is 0 Å². The standard InChI is InChI=1S/C17H22N4O5/c1-2-26-17(25)21-9-7-11(8-10-21)19-15(23)16(24)20-14(22)12-5-3-4-6-13(12)18/h3-6,11H,2,7-10,18H2,1H3,(H,19,23)(H,20,22,24). The number of amides is 4. The van der Waals surface area contributed by atoms with Crippen molar-refractivity contribution in [3.05, 3.63) is 29.8 Å². The fraction of sp³-hybridized carbons (Fsp3) is 0.412. The molecule has 1 aliphatic heterocycles. The molecule has 0 aromatic heterocycles. The first-order valence-electron chi connectivity index (χ1n) is 8.34. The molecule has 1 aromatic carbocycles. The van der Waals surface area contributed by atoms with Gasteiger partial charge < -0.3 is 20.7 Å². The number of carbonyl (C=O) groups is 4. The SMILES string of the molecule is CCOC(=O)N1CCC(NC(=O)C(=O)NC(=O)c2ccccc2N)CC1. The van der Waals surface area contributed by atoms with Crippen molar-refractivity contribution in [1.29, 1.82) is 0 Å². The van der Waals surface area contributed by atoms with Crippen LogP contribution in [0.4, 0.5) is 10.5 Å². The van der Waals surface area contributed by atoms with Gasteiger partial charge in [-0.1, -0.05) is 12.1 Å². The summed E-state index contributed by atoms with van der Waals surface area (Å²) >= 11 is 0. The quantitative estimate of drug-likeness (QED) is 0.522. The lowest BCUT2D eigenvalue weighted by molar-refractivity contribution is -0.139. The Balaban J connectivity index is 1.81. The van der Waals surface area contributed by atoms with E-state index in [4.69, 9.17) is 10.5 Å². The average molecular weight is 362 g/mol. The first kappa shape index (κ1) is 19.2. The number of likely N-dealkylation sites (tertiary alicyclic amines) is 1. The molecule has 140 valence electrons. The third-order valence-electron chi connectivity index (χ3n) is 3.99. The Labute approximate surface area is 150 Å². The maximum absolute atomic E-state index is 12.0. The molecule has 26 heavy (non-hydrogen) atoms. The van der Waals surface area contributed by atoms with Gasteiger partial charge in [0.15, 0.2) is 0 Å². The van der Waals surface area contributed by atoms with Gasteiger partial charge >= 0.3 is 17.9 Å². The van der Waals surface area contributed by atoms with Crippen LogP contribution in [0.5, 0.6) is 0 Å². The maximum atomic E-state index is 12.0. The van der Waals surface area contributed by atoms with Crippen LogP contribution >= 0.6 is 0 Å². The molecule has 1 heterocycles. The minimum Gasteiger partial charge on any atom is -0.450 e. The molecule has 9 heteroatoms. The second-order valence-electron chi connectivity index (χ2n) is 5.80. The summed E-state index contributed by atoms with van der Waals surface area (Å²) in [5.41, 5.74) is 6.00. The van der Waals surface area contributed by atoms with Crippen LogP contribution in [0.25, 0.3) is 0 Å². The Morgan fingerprint density at radius 1 is 1.15 bits per heavy atom. The van der Waals surface area contributed by atoms with Gasteiger partial charge in [-0.2, -0.15) is 0 Å². The summed E-state index contributed by atoms with van der Waals surface area (Å²) in [7, 11) is 0. The fourth-order valence-corrected chi connectivity index (χ4v) is 2.60. The van der Waals surface area contributed by atoms with Gasteiger partial charge in [-0.05, 0) is 31.9 Å². The van der Waals surface area contributed by atoms with Gasteiger partial charge in [0.1, 0.15) is 0 Å². The third kappa shape index (κ3) is 4.95. The lowest BCUT2D eigenvalue weighted by atomic mass is 10.1. The second-order valence-corrected chi connectivity index (χ2v) is 5.80. The molecule has 1 aliphatic rings. The van der Waals surface area contributed by atoms with Gasteiger partial charge in [0.25, 0.3) is 5.91 Å². The van der Waals surface area contributed by atoms with Crippen LogP contribution in [0, 0.1) is 0 Å². The first-order chi connectivity index (χ1) is 12.4. The van der Waals surface area contributed by atoms with E-state index in [1.807, 2.05) is 5.32 Å². The Hall–Kier alpha value is -3.10. The predicted octanol–water partition coefficient (Wildman–Crippen LogP) is 0.262. The normalized spacial score (nSPS) is 14.4. The highest BCUT2D eigenvalue weighted by molar-refractivity contribution is 6.38. The molecule has 0 atom stereocenters. The van der Waals surface area contributed by atoms with E-state index in [0.29, 0.717) is 32.5 Å². The molecule has 2 rings (SSSR count). The van der Waals surface area contributed by atoms with Gasteiger partial charge in [0.2, 0.25) is 0 Å². The topological polar surface area (TPSA) is 131 Å². The summed E-state index contributed by atoms with van der Waals surface area (Å²) in [4.78, 5) is 49.0. The van der Waals surface area contributed by atoms with E-state index in [1.54, 1.807) is 24.0 Å². The Bertz CT molecular complexity index is 698. The van der Waals surface area contributed by atoms with Crippen molar-refractivity contribution in [3.63, 3.8) is 0 Å². The van der Waals surface area contributed by atoms with Crippen LogP contribution in [0.2, 0.25) is 0 Å². The van der Waals surface area contributed by atoms with E-state index in [-0.39, 0.29) is 23.4 Å². The van der Waals surface area contributed by atoms with Gasteiger partial charge in [-0.15, -0.1) is 0 Å². The monoisotopic (exact) mass is 362 g/mol. The van der Waals surface area contributed by atoms with Crippen LogP contribution in [0.15, 0.2) is 24.3 Å². The van der Waals surface area contributed by atoms with E-state index in [0.717, 1.165) is 0 Å². The number of hydrogen-bond acceptors (Lipinski definition) is 6. The maximum Gasteiger partial charge on any atom is 0.409 e. The number of hydrogen-bond donors (Lipinski definition) is 3. The van der Waals surface area contributed by atoms with Crippen molar-refractivity contribution >= 4 is 29.5 Å². The Morgan fingerprint density at radius 3 is 2.42 bits per heavy atom. The molecule has 0 spiro atoms. The second kappa shape index (κ2) is 8.84. The molecule has 0 saturated carbocycles. The largest absolute Gasteiger partial charge is 0.450 e. The van der Waals surface area contributed by atoms with Gasteiger partial charge in [-0.25, -0.2) is 4.79 Å². The number of carbonyl (C=O) groups excluding carboxylic acids is 4. The van der Waals surface area contributed by atoms with E-state index in [2.05, 4.69) is 5.32 Å². The van der Waals surface area contributed by atoms with Crippen molar-refractivity contribution in [1.82, 2.24) is 15.5 Å². The van der Waals surface area contributed by atoms with Crippen LogP contribution < -0.4 is 16.4 Å². The number of nitrogens with one attached hydrogen (secondary N) is 2. The van der Waals surface area contributed by atoms with Crippen LogP contribution in [-0.2, 0) is 14.3 Å². The number of para-hydroxylation sites is 1. The molecule has 0 unspecified atom stereocenters. The number of piperidine rings is 1. The molecule has 9 nitrogen and oxygen atoms in total. The minimum absolute atomic E-state index is 0.122. The highest BCUT2D eigenvalue weighted by atomic mass is 16.6. The highest BCUT2D eigenvalue weighted by Crippen LogP contribution is 2.12. The molecule has 0 aliphatic carbocycles. The number of nitrogens with two attached hydrogens (primary N) is 1. The van der Waals surface area contributed by atoms with Crippen molar-refractivity contribution in [2.24, 2.45) is 0 Å². The zero-order valence-electron chi connectivity index (χ0n) is 14.5. The summed E-state index contributed by atoms with van der Waals surface area (Å²) < 4.78 is 4.92. The van der Waals surface area contributed by atoms with E-state index in [1.165, 1.54) is 12.1 Å². The fourth-order valence-electron chi connectivity index (χ4n) is 2.60. The summed E-state index contributed by atoms with van der Waals surface area (Å²) in [6, 6.07) is 5.99. The molecule has 4 N–H and O–H groups in total. The number of rotatable bonds is 3. The van der Waals surface area contributed by atoms with E-state index >= 15 is 0 Å². The summed E-state index contributed by atoms with van der Waals surface area (Å²) in [6.45, 7) is 2.87. The molecule has 1 aromatic rings. The van der Waals surface area contributed by atoms with Crippen molar-refractivity contribution in [3.8, 4) is 0 Å². The van der Waals surface area contributed by atoms with Gasteiger partial charge in [0.05, 0.1) is 12.2 Å². The number of anilines is 1. The van der Waals surface area contributed by atoms with Crippen molar-refractivity contribution in [2.75, 3.05) is 25.4 Å². The van der Waals surface area contributed by atoms with E-state index in [9.17, 15) is 19.2 Å². The molecular formula is C17H22N4O5. The Kier molecular flexibility index (Phi) is 6.54. The number of nitrogen functional groups attached to an aromatic ring is 1. The molecule has 0 bridgehead atoms. The van der Waals surface area contributed by atoms with Gasteiger partial charge in [0, 0.05) is 24.8 Å². The zero-order chi connectivity index (χ0) is 19.1. The lowest BCUT2D eigenvalue weighted by Crippen LogP contribution is -2.50. The van der Waals surface area contributed by atoms with Crippen molar-refractivity contribution < 1.29 is 23.9 Å². The first-order valence-corrected chi connectivity index (χ1v) is 8.34. The highest BCUT2D eigenvalue weighted by Gasteiger charge is 2.27. The third-order valence-corrected chi connectivity index (χ3v) is 3.99. The Morgan fingerprint density at radius 2 is 1.81 bits per heavy atom. The van der Waals surface area contributed by atoms with E-state index < -0.39 is 17.7 Å². The molecular weight excluding hydrogens is 340 g/mol. The number of nitrogens with zero attached hydrogens (tertiary/aromatic N) is 1. The zero-order valence-corrected chi connectivity index (χ0v) is 14.5. The van der Waals surface area contributed by atoms with Crippen LogP contribution in [0.1, 0.15) is 30.1 Å². The summed E-state index contributed by atoms with van der Waals surface area (Å²) in [5.74, 6) is -2.69. The smallest absolute Gasteiger partial charge is 0.409 e. The van der Waals surface area contributed by atoms with Crippen LogP contribution in [-0.4, -0.2) is 54.5 Å². The number of benzene rings is 1. The average Bonchev–Trinajstić information content (AvgIpc) is 2.62.